The number of thioether (sulfide) groups is 1. The number of ether oxygens (including phenoxy) is 1. The van der Waals surface area contributed by atoms with Gasteiger partial charge in [0.2, 0.25) is 15.9 Å². The topological polar surface area (TPSA) is 106 Å². The van der Waals surface area contributed by atoms with Crippen LogP contribution in [-0.2, 0) is 14.8 Å². The molecule has 0 atom stereocenters. The quantitative estimate of drug-likeness (QED) is 0.500. The third-order valence-electron chi connectivity index (χ3n) is 4.40. The number of fused-ring (bicyclic) bond motifs is 1. The lowest BCUT2D eigenvalue weighted by molar-refractivity contribution is -0.113. The van der Waals surface area contributed by atoms with Gasteiger partial charge in [0.25, 0.3) is 0 Å². The highest BCUT2D eigenvalue weighted by molar-refractivity contribution is 7.99. The summed E-state index contributed by atoms with van der Waals surface area (Å²) in [5.74, 6) is 0.134. The summed E-state index contributed by atoms with van der Waals surface area (Å²) in [6.45, 7) is 4.27. The normalized spacial score (nSPS) is 11.7. The molecule has 1 aromatic carbocycles. The average molecular weight is 450 g/mol. The Morgan fingerprint density at radius 1 is 1.20 bits per heavy atom. The molecule has 0 aliphatic heterocycles. The Bertz CT molecular complexity index is 1140. The fraction of sp³-hybridized carbons (Fsp3) is 0.316. The average Bonchev–Trinajstić information content (AvgIpc) is 3.16. The van der Waals surface area contributed by atoms with Gasteiger partial charge in [-0.15, -0.1) is 10.2 Å². The van der Waals surface area contributed by atoms with Crippen molar-refractivity contribution in [2.24, 2.45) is 0 Å². The van der Waals surface area contributed by atoms with Crippen molar-refractivity contribution in [3.63, 3.8) is 0 Å². The van der Waals surface area contributed by atoms with Crippen molar-refractivity contribution in [1.29, 1.82) is 0 Å². The first kappa shape index (κ1) is 22.1. The van der Waals surface area contributed by atoms with E-state index in [2.05, 4.69) is 15.5 Å². The van der Waals surface area contributed by atoms with Crippen LogP contribution in [0, 0.1) is 0 Å². The van der Waals surface area contributed by atoms with Crippen LogP contribution in [0.5, 0.6) is 5.75 Å². The van der Waals surface area contributed by atoms with Crippen LogP contribution >= 0.6 is 11.8 Å². The van der Waals surface area contributed by atoms with Crippen LogP contribution in [0.2, 0.25) is 0 Å². The lowest BCUT2D eigenvalue weighted by atomic mass is 10.3. The molecular weight excluding hydrogens is 426 g/mol. The third-order valence-corrected chi connectivity index (χ3v) is 7.39. The van der Waals surface area contributed by atoms with E-state index in [0.717, 1.165) is 0 Å². The number of carbonyl (C=O) groups is 1. The van der Waals surface area contributed by atoms with Crippen LogP contribution in [0.25, 0.3) is 5.65 Å². The Hall–Kier alpha value is -2.63. The molecule has 0 fully saturated rings. The number of methoxy groups -OCH3 is 1. The maximum absolute atomic E-state index is 12.8. The molecule has 1 N–H and O–H groups in total. The summed E-state index contributed by atoms with van der Waals surface area (Å²) in [4.78, 5) is 12.6. The van der Waals surface area contributed by atoms with Crippen LogP contribution in [-0.4, -0.2) is 59.2 Å². The van der Waals surface area contributed by atoms with Crippen LogP contribution in [0.15, 0.2) is 52.6 Å². The molecule has 0 saturated heterocycles. The number of aromatic nitrogens is 3. The molecule has 11 heteroatoms. The van der Waals surface area contributed by atoms with E-state index in [0.29, 0.717) is 35.3 Å². The van der Waals surface area contributed by atoms with Crippen LogP contribution in [0.3, 0.4) is 0 Å². The number of hydrogen-bond acceptors (Lipinski definition) is 7. The van der Waals surface area contributed by atoms with Gasteiger partial charge in [0.1, 0.15) is 5.75 Å². The van der Waals surface area contributed by atoms with Crippen molar-refractivity contribution in [2.75, 3.05) is 31.3 Å². The molecule has 0 saturated carbocycles. The number of nitrogens with zero attached hydrogens (tertiary/aromatic N) is 4. The molecule has 9 nitrogen and oxygen atoms in total. The van der Waals surface area contributed by atoms with E-state index in [1.165, 1.54) is 41.4 Å². The number of carbonyl (C=O) groups excluding carboxylic acids is 1. The largest absolute Gasteiger partial charge is 0.495 e. The number of anilines is 1. The predicted molar refractivity (Wildman–Crippen MR) is 115 cm³/mol. The standard InChI is InChI=1S/C19H23N5O4S2/c1-4-23(5-2)30(26,27)14-9-10-16(28-3)15(12-14)20-18(25)13-29-19-22-21-17-8-6-7-11-24(17)19/h6-12H,4-5,13H2,1-3H3,(H,20,25). The Morgan fingerprint density at radius 3 is 2.67 bits per heavy atom. The van der Waals surface area contributed by atoms with E-state index < -0.39 is 10.0 Å². The van der Waals surface area contributed by atoms with Crippen LogP contribution in [0.1, 0.15) is 13.8 Å². The molecule has 3 rings (SSSR count). The molecule has 1 amide bonds. The molecule has 0 unspecified atom stereocenters. The second-order valence-electron chi connectivity index (χ2n) is 6.20. The summed E-state index contributed by atoms with van der Waals surface area (Å²) in [5, 5.41) is 11.5. The summed E-state index contributed by atoms with van der Waals surface area (Å²) in [7, 11) is -2.20. The maximum atomic E-state index is 12.8. The number of benzene rings is 1. The number of sulfonamides is 1. The molecule has 3 aromatic rings. The van der Waals surface area contributed by atoms with Gasteiger partial charge in [-0.3, -0.25) is 9.20 Å². The maximum Gasteiger partial charge on any atom is 0.243 e. The summed E-state index contributed by atoms with van der Waals surface area (Å²) in [6.07, 6.45) is 1.82. The summed E-state index contributed by atoms with van der Waals surface area (Å²) in [6, 6.07) is 9.96. The van der Waals surface area contributed by atoms with Gasteiger partial charge >= 0.3 is 0 Å². The van der Waals surface area contributed by atoms with Crippen molar-refractivity contribution < 1.29 is 17.9 Å². The monoisotopic (exact) mass is 449 g/mol. The van der Waals surface area contributed by atoms with Crippen molar-refractivity contribution in [1.82, 2.24) is 18.9 Å². The number of amides is 1. The Balaban J connectivity index is 1.77. The molecule has 0 aliphatic carbocycles. The molecular formula is C19H23N5O4S2. The minimum atomic E-state index is -3.66. The predicted octanol–water partition coefficient (Wildman–Crippen LogP) is 2.50. The van der Waals surface area contributed by atoms with Gasteiger partial charge in [-0.25, -0.2) is 8.42 Å². The van der Waals surface area contributed by atoms with E-state index in [1.54, 1.807) is 18.2 Å². The van der Waals surface area contributed by atoms with Gasteiger partial charge in [0.15, 0.2) is 10.8 Å². The van der Waals surface area contributed by atoms with Crippen molar-refractivity contribution in [3.8, 4) is 5.75 Å². The minimum absolute atomic E-state index is 0.0753. The number of rotatable bonds is 9. The van der Waals surface area contributed by atoms with Crippen molar-refractivity contribution in [2.45, 2.75) is 23.9 Å². The number of hydrogen-bond donors (Lipinski definition) is 1. The van der Waals surface area contributed by atoms with Gasteiger partial charge in [-0.05, 0) is 30.3 Å². The van der Waals surface area contributed by atoms with Gasteiger partial charge in [0.05, 0.1) is 23.4 Å². The van der Waals surface area contributed by atoms with Gasteiger partial charge < -0.3 is 10.1 Å². The first-order valence-electron chi connectivity index (χ1n) is 9.31. The highest BCUT2D eigenvalue weighted by Gasteiger charge is 2.23. The van der Waals surface area contributed by atoms with Crippen molar-refractivity contribution >= 4 is 39.0 Å². The number of pyridine rings is 1. The zero-order valence-electron chi connectivity index (χ0n) is 16.9. The fourth-order valence-electron chi connectivity index (χ4n) is 2.89. The van der Waals surface area contributed by atoms with E-state index in [-0.39, 0.29) is 16.6 Å². The second kappa shape index (κ2) is 9.45. The molecule has 0 spiro atoms. The zero-order valence-corrected chi connectivity index (χ0v) is 18.5. The van der Waals surface area contributed by atoms with E-state index >= 15 is 0 Å². The molecule has 0 radical (unpaired) electrons. The first-order chi connectivity index (χ1) is 14.4. The minimum Gasteiger partial charge on any atom is -0.495 e. The molecule has 0 aliphatic rings. The van der Waals surface area contributed by atoms with Crippen molar-refractivity contribution in [3.05, 3.63) is 42.6 Å². The Labute approximate surface area is 179 Å². The lowest BCUT2D eigenvalue weighted by Crippen LogP contribution is -2.30. The molecule has 0 bridgehead atoms. The second-order valence-corrected chi connectivity index (χ2v) is 9.08. The van der Waals surface area contributed by atoms with E-state index in [1.807, 2.05) is 24.4 Å². The fourth-order valence-corrected chi connectivity index (χ4v) is 5.10. The van der Waals surface area contributed by atoms with Crippen LogP contribution in [0.4, 0.5) is 5.69 Å². The van der Waals surface area contributed by atoms with Gasteiger partial charge in [0, 0.05) is 19.3 Å². The highest BCUT2D eigenvalue weighted by atomic mass is 32.2. The Morgan fingerprint density at radius 2 is 1.97 bits per heavy atom. The molecule has 30 heavy (non-hydrogen) atoms. The van der Waals surface area contributed by atoms with E-state index in [9.17, 15) is 13.2 Å². The van der Waals surface area contributed by atoms with E-state index in [4.69, 9.17) is 4.74 Å². The third kappa shape index (κ3) is 4.58. The van der Waals surface area contributed by atoms with Gasteiger partial charge in [-0.2, -0.15) is 4.31 Å². The first-order valence-corrected chi connectivity index (χ1v) is 11.7. The van der Waals surface area contributed by atoms with Crippen LogP contribution < -0.4 is 10.1 Å². The zero-order chi connectivity index (χ0) is 21.7. The Kier molecular flexibility index (Phi) is 6.95. The van der Waals surface area contributed by atoms with Gasteiger partial charge in [-0.1, -0.05) is 31.7 Å². The lowest BCUT2D eigenvalue weighted by Gasteiger charge is -2.19. The molecule has 2 aromatic heterocycles. The summed E-state index contributed by atoms with van der Waals surface area (Å²) in [5.41, 5.74) is 0.985. The molecule has 160 valence electrons. The number of nitrogens with one attached hydrogen (secondary N) is 1. The highest BCUT2D eigenvalue weighted by Crippen LogP contribution is 2.29. The molecule has 2 heterocycles. The summed E-state index contributed by atoms with van der Waals surface area (Å²) < 4.78 is 34.0. The SMILES string of the molecule is CCN(CC)S(=O)(=O)c1ccc(OC)c(NC(=O)CSc2nnc3ccccn23)c1. The summed E-state index contributed by atoms with van der Waals surface area (Å²) >= 11 is 1.23. The smallest absolute Gasteiger partial charge is 0.243 e.